The van der Waals surface area contributed by atoms with E-state index in [1.807, 2.05) is 18.1 Å². The second kappa shape index (κ2) is 12.2. The molecular formula is C27H22ClF3NO6P. The summed E-state index contributed by atoms with van der Waals surface area (Å²) in [4.78, 5) is 11.9. The van der Waals surface area contributed by atoms with Crippen molar-refractivity contribution in [1.29, 1.82) is 0 Å². The Bertz CT molecular complexity index is 1360. The Morgan fingerprint density at radius 3 is 2.10 bits per heavy atom. The largest absolute Gasteiger partial charge is 0.445 e. The Morgan fingerprint density at radius 1 is 0.949 bits per heavy atom. The Hall–Kier alpha value is -3.32. The molecule has 12 heteroatoms. The van der Waals surface area contributed by atoms with Crippen LogP contribution in [0.1, 0.15) is 16.7 Å². The third-order valence-electron chi connectivity index (χ3n) is 5.47. The van der Waals surface area contributed by atoms with Gasteiger partial charge in [0, 0.05) is 10.6 Å². The van der Waals surface area contributed by atoms with Crippen molar-refractivity contribution in [2.24, 2.45) is 0 Å². The van der Waals surface area contributed by atoms with Crippen molar-refractivity contribution in [3.05, 3.63) is 101 Å². The minimum atomic E-state index is -5.11. The van der Waals surface area contributed by atoms with Crippen molar-refractivity contribution in [3.8, 4) is 11.8 Å². The second-order valence-corrected chi connectivity index (χ2v) is 10.7. The van der Waals surface area contributed by atoms with Gasteiger partial charge in [-0.05, 0) is 35.2 Å². The summed E-state index contributed by atoms with van der Waals surface area (Å²) in [5.41, 5.74) is -2.43. The molecule has 1 amide bonds. The van der Waals surface area contributed by atoms with Crippen molar-refractivity contribution < 1.29 is 41.1 Å². The van der Waals surface area contributed by atoms with E-state index in [9.17, 15) is 22.5 Å². The zero-order chi connectivity index (χ0) is 27.9. The van der Waals surface area contributed by atoms with Crippen molar-refractivity contribution >= 4 is 31.0 Å². The highest BCUT2D eigenvalue weighted by molar-refractivity contribution is 7.53. The third-order valence-corrected chi connectivity index (χ3v) is 7.25. The standard InChI is InChI=1S/C27H22ClF3NO6P/c28-22-12-13-24-23(16-22)26(27(29,30)31,38-25(33)32-24)14-7-15-35-19-39(34,36-17-20-8-3-1-4-9-20)37-18-21-10-5-2-6-11-21/h1-6,8-13,16H,15,17-19H2,(H,32,33)/t26-/m0/s1. The van der Waals surface area contributed by atoms with Crippen LogP contribution in [0.15, 0.2) is 78.9 Å². The first-order chi connectivity index (χ1) is 18.6. The molecule has 0 aliphatic carbocycles. The number of carbonyl (C=O) groups is 1. The van der Waals surface area contributed by atoms with Crippen LogP contribution >= 0.6 is 19.2 Å². The Morgan fingerprint density at radius 2 is 1.54 bits per heavy atom. The molecule has 39 heavy (non-hydrogen) atoms. The van der Waals surface area contributed by atoms with Crippen LogP contribution in [0.25, 0.3) is 0 Å². The highest BCUT2D eigenvalue weighted by Gasteiger charge is 2.62. The topological polar surface area (TPSA) is 83.1 Å². The molecule has 1 heterocycles. The van der Waals surface area contributed by atoms with Crippen LogP contribution in [0.3, 0.4) is 0 Å². The van der Waals surface area contributed by atoms with Gasteiger partial charge in [0.05, 0.1) is 18.9 Å². The van der Waals surface area contributed by atoms with Crippen molar-refractivity contribution in [2.75, 3.05) is 18.3 Å². The Balaban J connectivity index is 1.49. The summed E-state index contributed by atoms with van der Waals surface area (Å²) in [5.74, 6) is 4.21. The van der Waals surface area contributed by atoms with E-state index in [1.54, 1.807) is 48.5 Å². The van der Waals surface area contributed by atoms with Gasteiger partial charge < -0.3 is 18.5 Å². The van der Waals surface area contributed by atoms with E-state index in [1.165, 1.54) is 12.1 Å². The van der Waals surface area contributed by atoms with Gasteiger partial charge in [-0.1, -0.05) is 78.2 Å². The second-order valence-electron chi connectivity index (χ2n) is 8.29. The molecule has 1 atom stereocenters. The third kappa shape index (κ3) is 7.21. The van der Waals surface area contributed by atoms with Crippen molar-refractivity contribution in [2.45, 2.75) is 25.0 Å². The first-order valence-corrected chi connectivity index (χ1v) is 13.6. The van der Waals surface area contributed by atoms with E-state index in [2.05, 4.69) is 16.0 Å². The molecule has 3 aromatic rings. The highest BCUT2D eigenvalue weighted by Crippen LogP contribution is 2.50. The van der Waals surface area contributed by atoms with E-state index >= 15 is 0 Å². The number of anilines is 1. The van der Waals surface area contributed by atoms with Gasteiger partial charge in [0.1, 0.15) is 13.0 Å². The smallest absolute Gasteiger partial charge is 0.415 e. The normalized spacial score (nSPS) is 16.9. The van der Waals surface area contributed by atoms with Crippen LogP contribution in [0, 0.1) is 11.8 Å². The molecule has 4 rings (SSSR count). The monoisotopic (exact) mass is 579 g/mol. The van der Waals surface area contributed by atoms with Crippen LogP contribution in [-0.4, -0.2) is 25.2 Å². The van der Waals surface area contributed by atoms with E-state index < -0.39 is 44.0 Å². The van der Waals surface area contributed by atoms with E-state index in [0.717, 1.165) is 17.2 Å². The molecule has 7 nitrogen and oxygen atoms in total. The maximum absolute atomic E-state index is 14.2. The number of hydrogen-bond acceptors (Lipinski definition) is 6. The molecule has 204 valence electrons. The van der Waals surface area contributed by atoms with Gasteiger partial charge in [0.15, 0.2) is 0 Å². The molecule has 3 aromatic carbocycles. The number of alkyl halides is 3. The molecular weight excluding hydrogens is 558 g/mol. The van der Waals surface area contributed by atoms with E-state index in [4.69, 9.17) is 25.4 Å². The predicted octanol–water partition coefficient (Wildman–Crippen LogP) is 7.26. The van der Waals surface area contributed by atoms with Gasteiger partial charge in [-0.2, -0.15) is 13.2 Å². The van der Waals surface area contributed by atoms with Gasteiger partial charge in [0.2, 0.25) is 0 Å². The molecule has 1 aliphatic heterocycles. The molecule has 0 saturated heterocycles. The average Bonchev–Trinajstić information content (AvgIpc) is 2.91. The molecule has 0 aromatic heterocycles. The quantitative estimate of drug-likeness (QED) is 0.163. The number of nitrogens with one attached hydrogen (secondary N) is 1. The number of halogens is 4. The fourth-order valence-corrected chi connectivity index (χ4v) is 5.00. The fourth-order valence-electron chi connectivity index (χ4n) is 3.60. The number of fused-ring (bicyclic) bond motifs is 1. The van der Waals surface area contributed by atoms with E-state index in [-0.39, 0.29) is 23.9 Å². The van der Waals surface area contributed by atoms with Gasteiger partial charge in [-0.15, -0.1) is 0 Å². The van der Waals surface area contributed by atoms with Crippen LogP contribution in [-0.2, 0) is 41.9 Å². The van der Waals surface area contributed by atoms with Gasteiger partial charge in [-0.25, -0.2) is 4.79 Å². The number of cyclic esters (lactones) is 1. The Labute approximate surface area is 227 Å². The molecule has 0 fully saturated rings. The molecule has 0 unspecified atom stereocenters. The molecule has 1 aliphatic rings. The minimum absolute atomic E-state index is 0.00718. The number of rotatable bonds is 9. The number of carbonyl (C=O) groups excluding carboxylic acids is 1. The van der Waals surface area contributed by atoms with E-state index in [0.29, 0.717) is 0 Å². The van der Waals surface area contributed by atoms with Gasteiger partial charge in [0.25, 0.3) is 5.60 Å². The lowest BCUT2D eigenvalue weighted by molar-refractivity contribution is -0.239. The maximum Gasteiger partial charge on any atom is 0.445 e. The van der Waals surface area contributed by atoms with Crippen molar-refractivity contribution in [3.63, 3.8) is 0 Å². The first-order valence-electron chi connectivity index (χ1n) is 11.5. The SMILES string of the molecule is O=C1Nc2ccc(Cl)cc2[C@@](C#CCOCP(=O)(OCc2ccccc2)OCc2ccccc2)(C(F)(F)F)O1. The van der Waals surface area contributed by atoms with Crippen LogP contribution in [0.4, 0.5) is 23.7 Å². The van der Waals surface area contributed by atoms with Crippen molar-refractivity contribution in [1.82, 2.24) is 0 Å². The zero-order valence-corrected chi connectivity index (χ0v) is 21.9. The minimum Gasteiger partial charge on any atom is -0.415 e. The Kier molecular flexibility index (Phi) is 9.01. The van der Waals surface area contributed by atoms with Crippen LogP contribution < -0.4 is 5.32 Å². The molecule has 0 bridgehead atoms. The fraction of sp³-hybridized carbons (Fsp3) is 0.222. The van der Waals surface area contributed by atoms with Gasteiger partial charge in [-0.3, -0.25) is 9.88 Å². The molecule has 0 radical (unpaired) electrons. The molecule has 0 saturated carbocycles. The first kappa shape index (κ1) is 28.7. The molecule has 0 spiro atoms. The van der Waals surface area contributed by atoms with Gasteiger partial charge >= 0.3 is 19.9 Å². The zero-order valence-electron chi connectivity index (χ0n) is 20.2. The predicted molar refractivity (Wildman–Crippen MR) is 138 cm³/mol. The number of hydrogen-bond donors (Lipinski definition) is 1. The lowest BCUT2D eigenvalue weighted by atomic mass is 9.90. The van der Waals surface area contributed by atoms with Crippen LogP contribution in [0.5, 0.6) is 0 Å². The maximum atomic E-state index is 14.2. The summed E-state index contributed by atoms with van der Waals surface area (Å²) in [6.45, 7) is -0.675. The highest BCUT2D eigenvalue weighted by atomic mass is 35.5. The summed E-state index contributed by atoms with van der Waals surface area (Å²) in [7, 11) is -3.87. The summed E-state index contributed by atoms with van der Waals surface area (Å²) in [6, 6.07) is 21.4. The molecule has 1 N–H and O–H groups in total. The lowest BCUT2D eigenvalue weighted by Gasteiger charge is -2.35. The summed E-state index contributed by atoms with van der Waals surface area (Å²) in [5, 5.41) is 2.19. The number of amides is 1. The average molecular weight is 580 g/mol. The lowest BCUT2D eigenvalue weighted by Crippen LogP contribution is -2.49. The summed E-state index contributed by atoms with van der Waals surface area (Å²) in [6.07, 6.45) is -7.01. The summed E-state index contributed by atoms with van der Waals surface area (Å²) >= 11 is 5.90. The summed E-state index contributed by atoms with van der Waals surface area (Å²) < 4.78 is 77.2. The number of benzene rings is 3. The van der Waals surface area contributed by atoms with Crippen LogP contribution in [0.2, 0.25) is 5.02 Å². The number of ether oxygens (including phenoxy) is 2.